The van der Waals surface area contributed by atoms with Gasteiger partial charge in [0.05, 0.1) is 29.6 Å². The molecule has 0 aliphatic carbocycles. The van der Waals surface area contributed by atoms with Crippen molar-refractivity contribution >= 4 is 35.5 Å². The molecule has 4 rings (SSSR count). The predicted molar refractivity (Wildman–Crippen MR) is 123 cm³/mol. The Labute approximate surface area is 187 Å². The molecule has 9 nitrogen and oxygen atoms in total. The maximum Gasteiger partial charge on any atom is 0.260 e. The van der Waals surface area contributed by atoms with Gasteiger partial charge in [0, 0.05) is 25.2 Å². The van der Waals surface area contributed by atoms with Gasteiger partial charge >= 0.3 is 0 Å². The van der Waals surface area contributed by atoms with E-state index in [1.54, 1.807) is 22.8 Å². The molecule has 10 heteroatoms. The molecule has 0 aromatic carbocycles. The third-order valence-electron chi connectivity index (χ3n) is 5.02. The molecule has 0 unspecified atom stereocenters. The number of amides is 1. The average molecular weight is 446 g/mol. The molecule has 0 spiro atoms. The normalized spacial score (nSPS) is 15.4. The Hall–Kier alpha value is -2.91. The molecule has 3 aromatic heterocycles. The molecule has 4 heterocycles. The second kappa shape index (κ2) is 9.07. The summed E-state index contributed by atoms with van der Waals surface area (Å²) in [5.41, 5.74) is 2.14. The summed E-state index contributed by atoms with van der Waals surface area (Å²) < 4.78 is 7.37. The number of carbonyl (C=O) groups is 1. The third kappa shape index (κ3) is 5.05. The van der Waals surface area contributed by atoms with Crippen LogP contribution in [-0.2, 0) is 0 Å². The monoisotopic (exact) mass is 445 g/mol. The number of halogens is 1. The lowest BCUT2D eigenvalue weighted by Gasteiger charge is -2.39. The van der Waals surface area contributed by atoms with Gasteiger partial charge in [-0.2, -0.15) is 5.10 Å². The first-order chi connectivity index (χ1) is 14.3. The van der Waals surface area contributed by atoms with Gasteiger partial charge in [0.1, 0.15) is 5.75 Å². The molecule has 31 heavy (non-hydrogen) atoms. The van der Waals surface area contributed by atoms with Crippen molar-refractivity contribution in [3.05, 3.63) is 41.7 Å². The largest absolute Gasteiger partial charge is 0.491 e. The maximum absolute atomic E-state index is 12.9. The second-order valence-electron chi connectivity index (χ2n) is 8.10. The van der Waals surface area contributed by atoms with E-state index in [9.17, 15) is 4.79 Å². The van der Waals surface area contributed by atoms with E-state index in [4.69, 9.17) is 4.74 Å². The number of piperazine rings is 1. The van der Waals surface area contributed by atoms with Gasteiger partial charge in [-0.3, -0.25) is 4.79 Å². The average Bonchev–Trinajstić information content (AvgIpc) is 3.06. The molecule has 0 bridgehead atoms. The molecule has 166 valence electrons. The highest BCUT2D eigenvalue weighted by Gasteiger charge is 2.26. The van der Waals surface area contributed by atoms with Crippen LogP contribution in [0.25, 0.3) is 5.52 Å². The molecule has 1 saturated heterocycles. The summed E-state index contributed by atoms with van der Waals surface area (Å²) in [5, 5.41) is 19.2. The van der Waals surface area contributed by atoms with Gasteiger partial charge in [0.15, 0.2) is 11.6 Å². The molecule has 0 saturated carbocycles. The van der Waals surface area contributed by atoms with E-state index in [1.165, 1.54) is 0 Å². The van der Waals surface area contributed by atoms with E-state index < -0.39 is 0 Å². The van der Waals surface area contributed by atoms with Gasteiger partial charge in [-0.15, -0.1) is 22.6 Å². The highest BCUT2D eigenvalue weighted by molar-refractivity contribution is 6.06. The van der Waals surface area contributed by atoms with E-state index in [-0.39, 0.29) is 23.9 Å². The molecule has 1 aliphatic rings. The molecule has 3 aromatic rings. The van der Waals surface area contributed by atoms with Crippen LogP contribution in [0.5, 0.6) is 5.75 Å². The Morgan fingerprint density at radius 1 is 1.29 bits per heavy atom. The highest BCUT2D eigenvalue weighted by atomic mass is 35.5. The smallest absolute Gasteiger partial charge is 0.260 e. The zero-order valence-corrected chi connectivity index (χ0v) is 19.0. The van der Waals surface area contributed by atoms with Crippen LogP contribution in [0.2, 0.25) is 0 Å². The van der Waals surface area contributed by atoms with Crippen molar-refractivity contribution in [3.63, 3.8) is 0 Å². The van der Waals surface area contributed by atoms with Crippen molar-refractivity contribution in [3.8, 4) is 5.75 Å². The Morgan fingerprint density at radius 3 is 2.77 bits per heavy atom. The van der Waals surface area contributed by atoms with Gasteiger partial charge in [-0.05, 0) is 52.0 Å². The number of hydrogen-bond donors (Lipinski definition) is 2. The van der Waals surface area contributed by atoms with Crippen molar-refractivity contribution in [1.82, 2.24) is 25.1 Å². The Morgan fingerprint density at radius 2 is 2.10 bits per heavy atom. The van der Waals surface area contributed by atoms with E-state index >= 15 is 0 Å². The van der Waals surface area contributed by atoms with E-state index in [0.717, 1.165) is 36.7 Å². The number of aromatic nitrogens is 4. The fourth-order valence-electron chi connectivity index (χ4n) is 3.68. The minimum atomic E-state index is -0.301. The van der Waals surface area contributed by atoms with Crippen LogP contribution in [0.4, 0.5) is 11.6 Å². The topological polar surface area (TPSA) is 96.7 Å². The number of ether oxygens (including phenoxy) is 1. The summed E-state index contributed by atoms with van der Waals surface area (Å²) in [4.78, 5) is 15.1. The molecular weight excluding hydrogens is 418 g/mol. The van der Waals surface area contributed by atoms with E-state index in [1.807, 2.05) is 26.0 Å². The van der Waals surface area contributed by atoms with Crippen molar-refractivity contribution < 1.29 is 9.53 Å². The van der Waals surface area contributed by atoms with Gasteiger partial charge in [0.2, 0.25) is 0 Å². The molecular formula is C21H28ClN7O2. The van der Waals surface area contributed by atoms with Crippen molar-refractivity contribution in [2.75, 3.05) is 36.5 Å². The van der Waals surface area contributed by atoms with E-state index in [0.29, 0.717) is 23.7 Å². The quantitative estimate of drug-likeness (QED) is 0.623. The molecule has 0 radical (unpaired) electrons. The molecule has 1 amide bonds. The first kappa shape index (κ1) is 22.8. The summed E-state index contributed by atoms with van der Waals surface area (Å²) in [6.45, 7) is 11.2. The molecule has 1 aliphatic heterocycles. The minimum absolute atomic E-state index is 0. The van der Waals surface area contributed by atoms with Gasteiger partial charge in [0.25, 0.3) is 5.91 Å². The number of rotatable bonds is 5. The zero-order valence-electron chi connectivity index (χ0n) is 18.2. The van der Waals surface area contributed by atoms with Crippen LogP contribution >= 0.6 is 12.4 Å². The molecule has 0 atom stereocenters. The van der Waals surface area contributed by atoms with Crippen LogP contribution in [0.15, 0.2) is 30.5 Å². The fraction of sp³-hybridized carbons (Fsp3) is 0.429. The van der Waals surface area contributed by atoms with Gasteiger partial charge < -0.3 is 20.3 Å². The fourth-order valence-corrected chi connectivity index (χ4v) is 3.68. The summed E-state index contributed by atoms with van der Waals surface area (Å²) in [7, 11) is 0. The van der Waals surface area contributed by atoms with Crippen LogP contribution in [-0.4, -0.2) is 57.5 Å². The minimum Gasteiger partial charge on any atom is -0.491 e. The van der Waals surface area contributed by atoms with Crippen LogP contribution in [0.3, 0.4) is 0 Å². The van der Waals surface area contributed by atoms with Crippen LogP contribution in [0.1, 0.15) is 36.8 Å². The second-order valence-corrected chi connectivity index (χ2v) is 8.10. The van der Waals surface area contributed by atoms with Crippen LogP contribution < -0.4 is 20.3 Å². The van der Waals surface area contributed by atoms with Gasteiger partial charge in [-0.1, -0.05) is 0 Å². The third-order valence-corrected chi connectivity index (χ3v) is 5.02. The summed E-state index contributed by atoms with van der Waals surface area (Å²) >= 11 is 0. The predicted octanol–water partition coefficient (Wildman–Crippen LogP) is 2.69. The van der Waals surface area contributed by atoms with Crippen LogP contribution in [0, 0.1) is 6.92 Å². The number of carbonyl (C=O) groups excluding carboxylic acids is 1. The standard InChI is InChI=1S/C21H27N7O2.ClH/c1-5-30-17-12-28-15(10-14(2)26-28)11-16(17)20(29)23-18-6-7-19(25-24-18)27-9-8-22-21(3,4)13-27;/h6-7,10-12,22H,5,8-9,13H2,1-4H3,(H,23,24,29);1H. The number of pyridine rings is 1. The maximum atomic E-state index is 12.9. The van der Waals surface area contributed by atoms with Gasteiger partial charge in [-0.25, -0.2) is 4.52 Å². The first-order valence-electron chi connectivity index (χ1n) is 10.1. The van der Waals surface area contributed by atoms with Crippen molar-refractivity contribution in [2.45, 2.75) is 33.2 Å². The Balaban J connectivity index is 0.00000272. The number of nitrogens with zero attached hydrogens (tertiary/aromatic N) is 5. The number of aryl methyl sites for hydroxylation is 1. The lowest BCUT2D eigenvalue weighted by atomic mass is 10.0. The molecule has 2 N–H and O–H groups in total. The lowest BCUT2D eigenvalue weighted by molar-refractivity contribution is 0.102. The SMILES string of the molecule is CCOc1cn2nc(C)cc2cc1C(=O)Nc1ccc(N2CCNC(C)(C)C2)nn1.Cl. The summed E-state index contributed by atoms with van der Waals surface area (Å²) in [6.07, 6.45) is 1.72. The molecule has 1 fully saturated rings. The Bertz CT molecular complexity index is 1070. The Kier molecular flexibility index (Phi) is 6.66. The van der Waals surface area contributed by atoms with Crippen molar-refractivity contribution in [2.24, 2.45) is 0 Å². The first-order valence-corrected chi connectivity index (χ1v) is 10.1. The van der Waals surface area contributed by atoms with E-state index in [2.05, 4.69) is 44.7 Å². The highest BCUT2D eigenvalue weighted by Crippen LogP contribution is 2.23. The summed E-state index contributed by atoms with van der Waals surface area (Å²) in [6, 6.07) is 7.34. The lowest BCUT2D eigenvalue weighted by Crippen LogP contribution is -2.57. The number of anilines is 2. The van der Waals surface area contributed by atoms with Crippen molar-refractivity contribution in [1.29, 1.82) is 0 Å². The number of fused-ring (bicyclic) bond motifs is 1. The summed E-state index contributed by atoms with van der Waals surface area (Å²) in [5.74, 6) is 1.36. The number of nitrogens with one attached hydrogen (secondary N) is 2. The number of hydrogen-bond acceptors (Lipinski definition) is 7. The zero-order chi connectivity index (χ0) is 21.3.